The molecule has 5 heteroatoms. The Kier molecular flexibility index (Phi) is 4.93. The lowest BCUT2D eigenvalue weighted by atomic mass is 9.84. The molecule has 4 nitrogen and oxygen atoms in total. The van der Waals surface area contributed by atoms with Gasteiger partial charge in [0.1, 0.15) is 19.0 Å². The number of ether oxygens (including phenoxy) is 2. The molecule has 25 heavy (non-hydrogen) atoms. The number of hydrogen-bond acceptors (Lipinski definition) is 3. The number of nitrogens with one attached hydrogen (secondary N) is 1. The summed E-state index contributed by atoms with van der Waals surface area (Å²) in [7, 11) is 0. The van der Waals surface area contributed by atoms with Gasteiger partial charge < -0.3 is 14.8 Å². The molecule has 0 fully saturated rings. The summed E-state index contributed by atoms with van der Waals surface area (Å²) in [6, 6.07) is 12.0. The molecule has 0 unspecified atom stereocenters. The zero-order valence-corrected chi connectivity index (χ0v) is 14.5. The summed E-state index contributed by atoms with van der Waals surface area (Å²) in [4.78, 5) is 12.2. The number of halogens is 1. The maximum atomic E-state index is 13.2. The highest BCUT2D eigenvalue weighted by Crippen LogP contribution is 2.34. The van der Waals surface area contributed by atoms with Gasteiger partial charge in [-0.15, -0.1) is 0 Å². The van der Waals surface area contributed by atoms with Crippen LogP contribution in [0.3, 0.4) is 0 Å². The summed E-state index contributed by atoms with van der Waals surface area (Å²) in [5, 5.41) is 2.94. The van der Waals surface area contributed by atoms with Crippen molar-refractivity contribution in [2.24, 2.45) is 0 Å². The summed E-state index contributed by atoms with van der Waals surface area (Å²) in [6.07, 6.45) is 0.162. The van der Waals surface area contributed by atoms with Crippen LogP contribution in [-0.2, 0) is 16.6 Å². The first-order chi connectivity index (χ1) is 11.9. The van der Waals surface area contributed by atoms with Gasteiger partial charge in [0.25, 0.3) is 0 Å². The predicted molar refractivity (Wildman–Crippen MR) is 93.6 cm³/mol. The highest BCUT2D eigenvalue weighted by molar-refractivity contribution is 5.78. The molecular formula is C20H22FNO3. The van der Waals surface area contributed by atoms with Crippen molar-refractivity contribution in [2.75, 3.05) is 19.8 Å². The Morgan fingerprint density at radius 1 is 1.12 bits per heavy atom. The fourth-order valence-electron chi connectivity index (χ4n) is 2.78. The molecule has 1 N–H and O–H groups in total. The van der Waals surface area contributed by atoms with Crippen LogP contribution in [0.25, 0.3) is 0 Å². The van der Waals surface area contributed by atoms with E-state index in [2.05, 4.69) is 19.2 Å². The van der Waals surface area contributed by atoms with E-state index >= 15 is 0 Å². The predicted octanol–water partition coefficient (Wildman–Crippen LogP) is 3.23. The summed E-state index contributed by atoms with van der Waals surface area (Å²) in [5.74, 6) is 1.03. The molecule has 3 rings (SSSR count). The zero-order valence-electron chi connectivity index (χ0n) is 14.5. The third-order valence-electron chi connectivity index (χ3n) is 4.30. The Bertz CT molecular complexity index is 773. The van der Waals surface area contributed by atoms with Crippen LogP contribution in [0.1, 0.15) is 25.0 Å². The van der Waals surface area contributed by atoms with Gasteiger partial charge in [-0.3, -0.25) is 4.79 Å². The molecule has 1 aliphatic rings. The van der Waals surface area contributed by atoms with E-state index in [0.29, 0.717) is 25.3 Å². The molecule has 0 bridgehead atoms. The maximum Gasteiger partial charge on any atom is 0.224 e. The van der Waals surface area contributed by atoms with Crippen molar-refractivity contribution in [3.05, 3.63) is 59.4 Å². The first-order valence-electron chi connectivity index (χ1n) is 8.35. The first kappa shape index (κ1) is 17.3. The molecule has 1 aliphatic heterocycles. The highest BCUT2D eigenvalue weighted by Gasteiger charge is 2.24. The number of rotatable bonds is 5. The molecule has 132 valence electrons. The van der Waals surface area contributed by atoms with Crippen LogP contribution in [0.15, 0.2) is 42.5 Å². The third-order valence-corrected chi connectivity index (χ3v) is 4.30. The monoisotopic (exact) mass is 343 g/mol. The van der Waals surface area contributed by atoms with Gasteiger partial charge in [0.05, 0.1) is 6.42 Å². The van der Waals surface area contributed by atoms with E-state index in [1.54, 1.807) is 12.1 Å². The quantitative estimate of drug-likeness (QED) is 0.907. The van der Waals surface area contributed by atoms with E-state index < -0.39 is 0 Å². The lowest BCUT2D eigenvalue weighted by Gasteiger charge is -2.28. The van der Waals surface area contributed by atoms with Gasteiger partial charge >= 0.3 is 0 Å². The Balaban J connectivity index is 1.62. The number of carbonyl (C=O) groups is 1. The van der Waals surface area contributed by atoms with Gasteiger partial charge in [0, 0.05) is 12.0 Å². The fraction of sp³-hybridized carbons (Fsp3) is 0.350. The number of hydrogen-bond donors (Lipinski definition) is 1. The van der Waals surface area contributed by atoms with E-state index in [9.17, 15) is 9.18 Å². The molecule has 0 atom stereocenters. The van der Waals surface area contributed by atoms with Gasteiger partial charge in [-0.25, -0.2) is 4.39 Å². The minimum absolute atomic E-state index is 0.129. The summed E-state index contributed by atoms with van der Waals surface area (Å²) >= 11 is 0. The molecule has 1 heterocycles. The molecule has 0 spiro atoms. The smallest absolute Gasteiger partial charge is 0.224 e. The number of benzene rings is 2. The van der Waals surface area contributed by atoms with E-state index in [1.165, 1.54) is 12.1 Å². The molecular weight excluding hydrogens is 321 g/mol. The Hall–Kier alpha value is -2.56. The van der Waals surface area contributed by atoms with Crippen molar-refractivity contribution in [1.82, 2.24) is 5.32 Å². The molecule has 0 aromatic heterocycles. The van der Waals surface area contributed by atoms with Crippen LogP contribution in [0.2, 0.25) is 0 Å². The summed E-state index contributed by atoms with van der Waals surface area (Å²) in [6.45, 7) is 5.69. The fourth-order valence-corrected chi connectivity index (χ4v) is 2.78. The van der Waals surface area contributed by atoms with Crippen LogP contribution in [0.4, 0.5) is 4.39 Å². The molecule has 1 amide bonds. The molecule has 2 aromatic carbocycles. The SMILES string of the molecule is CC(C)(CNC(=O)Cc1cccc(F)c1)c1ccc2c(c1)OCCO2. The number of amides is 1. The van der Waals surface area contributed by atoms with Crippen LogP contribution in [0, 0.1) is 5.82 Å². The maximum absolute atomic E-state index is 13.2. The Labute approximate surface area is 147 Å². The second-order valence-electron chi connectivity index (χ2n) is 6.83. The van der Waals surface area contributed by atoms with Crippen LogP contribution in [-0.4, -0.2) is 25.7 Å². The van der Waals surface area contributed by atoms with Gasteiger partial charge in [-0.1, -0.05) is 32.0 Å². The van der Waals surface area contributed by atoms with Crippen molar-refractivity contribution in [1.29, 1.82) is 0 Å². The molecule has 2 aromatic rings. The van der Waals surface area contributed by atoms with E-state index in [1.807, 2.05) is 18.2 Å². The molecule has 0 saturated heterocycles. The van der Waals surface area contributed by atoms with Crippen molar-refractivity contribution in [2.45, 2.75) is 25.7 Å². The summed E-state index contributed by atoms with van der Waals surface area (Å²) < 4.78 is 24.4. The third kappa shape index (κ3) is 4.29. The van der Waals surface area contributed by atoms with E-state index in [0.717, 1.165) is 17.1 Å². The van der Waals surface area contributed by atoms with E-state index in [-0.39, 0.29) is 23.6 Å². The molecule has 0 radical (unpaired) electrons. The lowest BCUT2D eigenvalue weighted by Crippen LogP contribution is -2.37. The van der Waals surface area contributed by atoms with Crippen molar-refractivity contribution < 1.29 is 18.7 Å². The molecule has 0 aliphatic carbocycles. The molecule has 0 saturated carbocycles. The average molecular weight is 343 g/mol. The van der Waals surface area contributed by atoms with Crippen molar-refractivity contribution >= 4 is 5.91 Å². The minimum atomic E-state index is -0.332. The largest absolute Gasteiger partial charge is 0.486 e. The second-order valence-corrected chi connectivity index (χ2v) is 6.83. The Morgan fingerprint density at radius 3 is 2.64 bits per heavy atom. The van der Waals surface area contributed by atoms with Gasteiger partial charge in [-0.05, 0) is 35.4 Å². The zero-order chi connectivity index (χ0) is 17.9. The normalized spacial score (nSPS) is 13.4. The number of fused-ring (bicyclic) bond motifs is 1. The van der Waals surface area contributed by atoms with Crippen LogP contribution < -0.4 is 14.8 Å². The average Bonchev–Trinajstić information content (AvgIpc) is 2.60. The van der Waals surface area contributed by atoms with Crippen molar-refractivity contribution in [3.8, 4) is 11.5 Å². The number of carbonyl (C=O) groups excluding carboxylic acids is 1. The lowest BCUT2D eigenvalue weighted by molar-refractivity contribution is -0.120. The Morgan fingerprint density at radius 2 is 1.88 bits per heavy atom. The topological polar surface area (TPSA) is 47.6 Å². The van der Waals surface area contributed by atoms with Gasteiger partial charge in [0.15, 0.2) is 11.5 Å². The standard InChI is InChI=1S/C20H22FNO3/c1-20(2,15-6-7-17-18(12-15)25-9-8-24-17)13-22-19(23)11-14-4-3-5-16(21)10-14/h3-7,10,12H,8-9,11,13H2,1-2H3,(H,22,23). The minimum Gasteiger partial charge on any atom is -0.486 e. The summed E-state index contributed by atoms with van der Waals surface area (Å²) in [5.41, 5.74) is 1.45. The van der Waals surface area contributed by atoms with E-state index in [4.69, 9.17) is 9.47 Å². The van der Waals surface area contributed by atoms with Crippen molar-refractivity contribution in [3.63, 3.8) is 0 Å². The highest BCUT2D eigenvalue weighted by atomic mass is 19.1. The van der Waals surface area contributed by atoms with Gasteiger partial charge in [-0.2, -0.15) is 0 Å². The second kappa shape index (κ2) is 7.13. The van der Waals surface area contributed by atoms with Gasteiger partial charge in [0.2, 0.25) is 5.91 Å². The van der Waals surface area contributed by atoms with Crippen LogP contribution in [0.5, 0.6) is 11.5 Å². The first-order valence-corrected chi connectivity index (χ1v) is 8.35. The van der Waals surface area contributed by atoms with Crippen LogP contribution >= 0.6 is 0 Å².